The smallest absolute Gasteiger partial charge is 0.198 e. The fraction of sp³-hybridized carbons (Fsp3) is 0.188. The largest absolute Gasteiger partial charge is 0.504 e. The molecule has 0 saturated heterocycles. The highest BCUT2D eigenvalue weighted by Gasteiger charge is 2.36. The zero-order chi connectivity index (χ0) is 26.8. The van der Waals surface area contributed by atoms with E-state index < -0.39 is 17.3 Å². The molecular formula is C32H29NO5. The molecule has 4 aromatic rings. The van der Waals surface area contributed by atoms with E-state index in [1.807, 2.05) is 36.4 Å². The molecule has 1 aliphatic carbocycles. The summed E-state index contributed by atoms with van der Waals surface area (Å²) in [5, 5.41) is 11.0. The van der Waals surface area contributed by atoms with Gasteiger partial charge in [-0.15, -0.1) is 0 Å². The molecule has 3 N–H and O–H groups in total. The molecule has 0 fully saturated rings. The van der Waals surface area contributed by atoms with Gasteiger partial charge in [-0.1, -0.05) is 51.0 Å². The first-order chi connectivity index (χ1) is 18.4. The first-order valence-corrected chi connectivity index (χ1v) is 12.8. The van der Waals surface area contributed by atoms with Crippen molar-refractivity contribution in [2.45, 2.75) is 39.5 Å². The number of carbonyl (C=O) groups excluding carboxylic acids is 2. The average molecular weight is 508 g/mol. The number of aromatic hydroxyl groups is 1. The SMILES string of the molecule is CCCc1ccc(Oc2ccc3c(c2)C(=O)c2c(N)cc(Oc4ccc(CCC)cc4)c(O)c2C3=O)cc1. The highest BCUT2D eigenvalue weighted by Crippen LogP contribution is 2.44. The molecule has 6 heteroatoms. The number of nitrogens with two attached hydrogens (primary N) is 1. The number of benzene rings is 4. The minimum absolute atomic E-state index is 0.0144. The quantitative estimate of drug-likeness (QED) is 0.170. The van der Waals surface area contributed by atoms with Gasteiger partial charge in [0.2, 0.25) is 0 Å². The molecule has 6 nitrogen and oxygen atoms in total. The number of nitrogen functional groups attached to an aromatic ring is 1. The molecular weight excluding hydrogens is 478 g/mol. The van der Waals surface area contributed by atoms with Crippen molar-refractivity contribution < 1.29 is 24.2 Å². The van der Waals surface area contributed by atoms with E-state index in [1.165, 1.54) is 29.3 Å². The third-order valence-corrected chi connectivity index (χ3v) is 6.62. The summed E-state index contributed by atoms with van der Waals surface area (Å²) >= 11 is 0. The number of hydrogen-bond acceptors (Lipinski definition) is 6. The molecule has 0 heterocycles. The summed E-state index contributed by atoms with van der Waals surface area (Å²) in [5.74, 6) is 0.176. The van der Waals surface area contributed by atoms with Crippen LogP contribution >= 0.6 is 0 Å². The number of rotatable bonds is 8. The van der Waals surface area contributed by atoms with E-state index in [4.69, 9.17) is 15.2 Å². The molecule has 0 aromatic heterocycles. The van der Waals surface area contributed by atoms with Gasteiger partial charge in [0, 0.05) is 22.9 Å². The summed E-state index contributed by atoms with van der Waals surface area (Å²) < 4.78 is 11.8. The maximum Gasteiger partial charge on any atom is 0.198 e. The van der Waals surface area contributed by atoms with Crippen molar-refractivity contribution in [1.82, 2.24) is 0 Å². The van der Waals surface area contributed by atoms with Crippen LogP contribution in [0.2, 0.25) is 0 Å². The Labute approximate surface area is 221 Å². The van der Waals surface area contributed by atoms with Crippen LogP contribution < -0.4 is 15.2 Å². The fourth-order valence-corrected chi connectivity index (χ4v) is 4.74. The average Bonchev–Trinajstić information content (AvgIpc) is 2.91. The van der Waals surface area contributed by atoms with Gasteiger partial charge >= 0.3 is 0 Å². The van der Waals surface area contributed by atoms with Gasteiger partial charge < -0.3 is 20.3 Å². The first kappa shape index (κ1) is 25.1. The third-order valence-electron chi connectivity index (χ3n) is 6.62. The van der Waals surface area contributed by atoms with E-state index in [0.717, 1.165) is 25.7 Å². The van der Waals surface area contributed by atoms with Gasteiger partial charge in [0.1, 0.15) is 17.2 Å². The fourth-order valence-electron chi connectivity index (χ4n) is 4.74. The molecule has 0 radical (unpaired) electrons. The maximum absolute atomic E-state index is 13.5. The van der Waals surface area contributed by atoms with Crippen molar-refractivity contribution in [3.8, 4) is 28.7 Å². The zero-order valence-electron chi connectivity index (χ0n) is 21.4. The Balaban J connectivity index is 1.44. The summed E-state index contributed by atoms with van der Waals surface area (Å²) in [5.41, 5.74) is 8.84. The molecule has 4 aromatic carbocycles. The van der Waals surface area contributed by atoms with Crippen LogP contribution in [0.25, 0.3) is 0 Å². The third kappa shape index (κ3) is 4.73. The number of phenols is 1. The van der Waals surface area contributed by atoms with Crippen LogP contribution in [0.5, 0.6) is 28.7 Å². The van der Waals surface area contributed by atoms with E-state index >= 15 is 0 Å². The second-order valence-corrected chi connectivity index (χ2v) is 9.42. The van der Waals surface area contributed by atoms with Gasteiger partial charge in [0.05, 0.1) is 11.1 Å². The second kappa shape index (κ2) is 10.4. The lowest BCUT2D eigenvalue weighted by Crippen LogP contribution is -2.22. The van der Waals surface area contributed by atoms with Crippen LogP contribution in [0.1, 0.15) is 69.7 Å². The van der Waals surface area contributed by atoms with Crippen molar-refractivity contribution in [2.24, 2.45) is 0 Å². The second-order valence-electron chi connectivity index (χ2n) is 9.42. The van der Waals surface area contributed by atoms with Crippen molar-refractivity contribution in [2.75, 3.05) is 5.73 Å². The molecule has 0 aliphatic heterocycles. The monoisotopic (exact) mass is 507 g/mol. The van der Waals surface area contributed by atoms with Crippen molar-refractivity contribution in [3.63, 3.8) is 0 Å². The number of carbonyl (C=O) groups is 2. The summed E-state index contributed by atoms with van der Waals surface area (Å²) in [7, 11) is 0. The molecule has 1 aliphatic rings. The Morgan fingerprint density at radius 1 is 0.658 bits per heavy atom. The summed E-state index contributed by atoms with van der Waals surface area (Å²) in [6.07, 6.45) is 4.02. The maximum atomic E-state index is 13.5. The van der Waals surface area contributed by atoms with E-state index in [0.29, 0.717) is 17.2 Å². The summed E-state index contributed by atoms with van der Waals surface area (Å²) in [6.45, 7) is 4.23. The zero-order valence-corrected chi connectivity index (χ0v) is 21.4. The number of anilines is 1. The first-order valence-electron chi connectivity index (χ1n) is 12.8. The Hall–Kier alpha value is -4.58. The Morgan fingerprint density at radius 3 is 1.76 bits per heavy atom. The molecule has 0 bridgehead atoms. The van der Waals surface area contributed by atoms with Crippen molar-refractivity contribution in [3.05, 3.63) is 106 Å². The Bertz CT molecular complexity index is 1520. The molecule has 0 saturated carbocycles. The standard InChI is InChI=1S/C32H29NO5/c1-3-5-19-7-11-21(12-8-19)37-23-15-16-24-25(17-23)31(35)28-26(33)18-27(32(36)29(28)30(24)34)38-22-13-9-20(6-4-2)10-14-22/h7-18,36H,3-6,33H2,1-2H3. The van der Waals surface area contributed by atoms with Gasteiger partial charge in [0.15, 0.2) is 23.1 Å². The molecule has 192 valence electrons. The number of phenolic OH excluding ortho intramolecular Hbond substituents is 1. The van der Waals surface area contributed by atoms with Crippen molar-refractivity contribution >= 4 is 17.3 Å². The van der Waals surface area contributed by atoms with Crippen LogP contribution in [0, 0.1) is 0 Å². The topological polar surface area (TPSA) is 98.8 Å². The number of ketones is 2. The van der Waals surface area contributed by atoms with E-state index in [9.17, 15) is 14.7 Å². The molecule has 5 rings (SSSR count). The van der Waals surface area contributed by atoms with Gasteiger partial charge in [-0.2, -0.15) is 0 Å². The summed E-state index contributed by atoms with van der Waals surface area (Å²) in [6, 6.07) is 21.3. The van der Waals surface area contributed by atoms with Gasteiger partial charge in [-0.3, -0.25) is 9.59 Å². The van der Waals surface area contributed by atoms with Crippen LogP contribution in [0.3, 0.4) is 0 Å². The minimum atomic E-state index is -0.502. The van der Waals surface area contributed by atoms with E-state index in [2.05, 4.69) is 13.8 Å². The Kier molecular flexibility index (Phi) is 6.88. The normalized spacial score (nSPS) is 12.2. The number of ether oxygens (including phenoxy) is 2. The molecule has 0 atom stereocenters. The Morgan fingerprint density at radius 2 is 1.18 bits per heavy atom. The summed E-state index contributed by atoms with van der Waals surface area (Å²) in [4.78, 5) is 26.9. The van der Waals surface area contributed by atoms with Gasteiger partial charge in [-0.05, 0) is 66.4 Å². The highest BCUT2D eigenvalue weighted by molar-refractivity contribution is 6.31. The van der Waals surface area contributed by atoms with Crippen LogP contribution in [-0.2, 0) is 12.8 Å². The lowest BCUT2D eigenvalue weighted by Gasteiger charge is -2.22. The minimum Gasteiger partial charge on any atom is -0.504 e. The number of hydrogen-bond donors (Lipinski definition) is 2. The molecule has 38 heavy (non-hydrogen) atoms. The lowest BCUT2D eigenvalue weighted by molar-refractivity contribution is 0.0976. The van der Waals surface area contributed by atoms with Gasteiger partial charge in [-0.25, -0.2) is 0 Å². The molecule has 0 unspecified atom stereocenters. The molecule has 0 spiro atoms. The highest BCUT2D eigenvalue weighted by atomic mass is 16.5. The van der Waals surface area contributed by atoms with Crippen molar-refractivity contribution in [1.29, 1.82) is 0 Å². The van der Waals surface area contributed by atoms with Crippen LogP contribution in [0.4, 0.5) is 5.69 Å². The lowest BCUT2D eigenvalue weighted by atomic mass is 9.82. The van der Waals surface area contributed by atoms with Crippen LogP contribution in [0.15, 0.2) is 72.8 Å². The molecule has 0 amide bonds. The van der Waals surface area contributed by atoms with E-state index in [1.54, 1.807) is 18.2 Å². The van der Waals surface area contributed by atoms with Crippen LogP contribution in [-0.4, -0.2) is 16.7 Å². The van der Waals surface area contributed by atoms with E-state index in [-0.39, 0.29) is 33.7 Å². The predicted molar refractivity (Wildman–Crippen MR) is 147 cm³/mol. The van der Waals surface area contributed by atoms with Gasteiger partial charge in [0.25, 0.3) is 0 Å². The number of fused-ring (bicyclic) bond motifs is 2. The predicted octanol–water partition coefficient (Wildman–Crippen LogP) is 7.24. The number of aryl methyl sites for hydroxylation is 2.